The van der Waals surface area contributed by atoms with Crippen LogP contribution in [-0.2, 0) is 46.4 Å². The molecular formula is C25H32O7. The maximum absolute atomic E-state index is 12.1. The molecule has 0 saturated carbocycles. The van der Waals surface area contributed by atoms with E-state index in [1.807, 2.05) is 67.6 Å². The molecule has 0 bridgehead atoms. The zero-order chi connectivity index (χ0) is 22.9. The lowest BCUT2D eigenvalue weighted by Gasteiger charge is -2.45. The van der Waals surface area contributed by atoms with Gasteiger partial charge in [-0.3, -0.25) is 0 Å². The molecule has 1 aliphatic heterocycles. The number of rotatable bonds is 10. The van der Waals surface area contributed by atoms with Crippen molar-refractivity contribution in [2.75, 3.05) is 14.2 Å². The van der Waals surface area contributed by atoms with Crippen LogP contribution in [0.4, 0.5) is 0 Å². The predicted molar refractivity (Wildman–Crippen MR) is 118 cm³/mol. The largest absolute Gasteiger partial charge is 0.467 e. The molecule has 7 nitrogen and oxygen atoms in total. The second-order valence-electron chi connectivity index (χ2n) is 7.73. The van der Waals surface area contributed by atoms with Gasteiger partial charge in [-0.1, -0.05) is 60.7 Å². The summed E-state index contributed by atoms with van der Waals surface area (Å²) in [5.74, 6) is -0.471. The Hall–Kier alpha value is -2.29. The summed E-state index contributed by atoms with van der Waals surface area (Å²) < 4.78 is 35.1. The minimum atomic E-state index is -0.807. The van der Waals surface area contributed by atoms with Gasteiger partial charge in [-0.25, -0.2) is 4.79 Å². The van der Waals surface area contributed by atoms with Gasteiger partial charge in [-0.2, -0.15) is 0 Å². The Morgan fingerprint density at radius 2 is 1.41 bits per heavy atom. The van der Waals surface area contributed by atoms with Gasteiger partial charge < -0.3 is 28.4 Å². The number of carbonyl (C=O) groups excluding carboxylic acids is 1. The van der Waals surface area contributed by atoms with E-state index in [0.29, 0.717) is 13.2 Å². The van der Waals surface area contributed by atoms with Gasteiger partial charge in [0.15, 0.2) is 12.4 Å². The first-order valence-electron chi connectivity index (χ1n) is 10.8. The molecule has 32 heavy (non-hydrogen) atoms. The average Bonchev–Trinajstić information content (AvgIpc) is 2.83. The zero-order valence-corrected chi connectivity index (χ0v) is 19.0. The Bertz CT molecular complexity index is 814. The maximum Gasteiger partial charge on any atom is 0.334 e. The van der Waals surface area contributed by atoms with Crippen molar-refractivity contribution in [1.29, 1.82) is 0 Å². The zero-order valence-electron chi connectivity index (χ0n) is 19.0. The van der Waals surface area contributed by atoms with Gasteiger partial charge in [0.2, 0.25) is 0 Å². The Kier molecular flexibility index (Phi) is 9.20. The molecule has 1 saturated heterocycles. The monoisotopic (exact) mass is 444 g/mol. The molecule has 0 radical (unpaired) electrons. The first-order chi connectivity index (χ1) is 15.5. The molecule has 3 rings (SSSR count). The molecule has 1 aliphatic rings. The molecule has 6 atom stereocenters. The lowest BCUT2D eigenvalue weighted by molar-refractivity contribution is -0.317. The van der Waals surface area contributed by atoms with Crippen molar-refractivity contribution in [1.82, 2.24) is 0 Å². The molecule has 1 fully saturated rings. The number of methoxy groups -OCH3 is 2. The van der Waals surface area contributed by atoms with E-state index in [1.54, 1.807) is 14.0 Å². The van der Waals surface area contributed by atoms with Crippen LogP contribution in [0.1, 0.15) is 25.0 Å². The lowest BCUT2D eigenvalue weighted by atomic mass is 9.98. The molecule has 7 heteroatoms. The summed E-state index contributed by atoms with van der Waals surface area (Å²) in [6.07, 6.45) is -3.57. The fourth-order valence-electron chi connectivity index (χ4n) is 3.71. The number of hydrogen-bond acceptors (Lipinski definition) is 7. The van der Waals surface area contributed by atoms with Crippen LogP contribution in [0.25, 0.3) is 0 Å². The molecule has 2 aromatic rings. The topological polar surface area (TPSA) is 72.5 Å². The predicted octanol–water partition coefficient (Wildman–Crippen LogP) is 3.50. The van der Waals surface area contributed by atoms with Crippen LogP contribution in [0, 0.1) is 0 Å². The van der Waals surface area contributed by atoms with E-state index in [2.05, 4.69) is 0 Å². The van der Waals surface area contributed by atoms with Gasteiger partial charge in [0.25, 0.3) is 0 Å². The highest BCUT2D eigenvalue weighted by Gasteiger charge is 2.48. The fourth-order valence-corrected chi connectivity index (χ4v) is 3.71. The SMILES string of the molecule is COC(=O)[C@@H](C)O[C@@H]1[C@@H](OCc2ccccc2)[C@H](C)O[C@@H](OC)[C@@H]1OCc1ccccc1. The van der Waals surface area contributed by atoms with Crippen molar-refractivity contribution in [2.24, 2.45) is 0 Å². The summed E-state index contributed by atoms with van der Waals surface area (Å²) >= 11 is 0. The van der Waals surface area contributed by atoms with E-state index in [1.165, 1.54) is 7.11 Å². The summed E-state index contributed by atoms with van der Waals surface area (Å²) in [5.41, 5.74) is 2.03. The van der Waals surface area contributed by atoms with Gasteiger partial charge in [0.05, 0.1) is 26.4 Å². The van der Waals surface area contributed by atoms with Crippen LogP contribution in [0.3, 0.4) is 0 Å². The maximum atomic E-state index is 12.1. The molecule has 1 heterocycles. The number of benzene rings is 2. The summed E-state index contributed by atoms with van der Waals surface area (Å²) in [6.45, 7) is 4.25. The van der Waals surface area contributed by atoms with Gasteiger partial charge in [0.1, 0.15) is 18.3 Å². The van der Waals surface area contributed by atoms with E-state index >= 15 is 0 Å². The Morgan fingerprint density at radius 1 is 0.875 bits per heavy atom. The number of carbonyl (C=O) groups is 1. The first-order valence-corrected chi connectivity index (χ1v) is 10.8. The summed E-state index contributed by atoms with van der Waals surface area (Å²) in [7, 11) is 2.89. The van der Waals surface area contributed by atoms with Crippen LogP contribution in [0.2, 0.25) is 0 Å². The highest BCUT2D eigenvalue weighted by Crippen LogP contribution is 2.30. The third-order valence-electron chi connectivity index (χ3n) is 5.42. The standard InChI is InChI=1S/C25H32O7/c1-17-21(29-15-19-11-7-5-8-12-19)22(31-18(2)24(26)27-3)23(25(28-4)32-17)30-16-20-13-9-6-10-14-20/h5-14,17-18,21-23,25H,15-16H2,1-4H3/t17-,18+,21-,22+,23+,25+/m0/s1. The van der Waals surface area contributed by atoms with Crippen molar-refractivity contribution in [2.45, 2.75) is 63.9 Å². The highest BCUT2D eigenvalue weighted by molar-refractivity contribution is 5.74. The van der Waals surface area contributed by atoms with E-state index in [9.17, 15) is 4.79 Å². The first kappa shape index (κ1) is 24.4. The molecule has 0 unspecified atom stereocenters. The second kappa shape index (κ2) is 12.1. The minimum Gasteiger partial charge on any atom is -0.467 e. The van der Waals surface area contributed by atoms with Crippen LogP contribution < -0.4 is 0 Å². The van der Waals surface area contributed by atoms with Gasteiger partial charge in [-0.15, -0.1) is 0 Å². The van der Waals surface area contributed by atoms with Gasteiger partial charge in [-0.05, 0) is 25.0 Å². The average molecular weight is 445 g/mol. The lowest BCUT2D eigenvalue weighted by Crippen LogP contribution is -2.60. The summed E-state index contributed by atoms with van der Waals surface area (Å²) in [6, 6.07) is 19.6. The number of esters is 1. The molecule has 0 N–H and O–H groups in total. The van der Waals surface area contributed by atoms with Gasteiger partial charge in [0, 0.05) is 7.11 Å². The van der Waals surface area contributed by atoms with E-state index in [-0.39, 0.29) is 6.10 Å². The van der Waals surface area contributed by atoms with Crippen LogP contribution >= 0.6 is 0 Å². The van der Waals surface area contributed by atoms with Crippen molar-refractivity contribution >= 4 is 5.97 Å². The van der Waals surface area contributed by atoms with E-state index < -0.39 is 36.7 Å². The van der Waals surface area contributed by atoms with Crippen molar-refractivity contribution in [3.63, 3.8) is 0 Å². The molecule has 0 aromatic heterocycles. The van der Waals surface area contributed by atoms with E-state index in [4.69, 9.17) is 28.4 Å². The Balaban J connectivity index is 1.81. The van der Waals surface area contributed by atoms with Crippen LogP contribution in [0.5, 0.6) is 0 Å². The molecule has 2 aromatic carbocycles. The number of hydrogen-bond donors (Lipinski definition) is 0. The summed E-state index contributed by atoms with van der Waals surface area (Å²) in [5, 5.41) is 0. The van der Waals surface area contributed by atoms with Crippen LogP contribution in [0.15, 0.2) is 60.7 Å². The van der Waals surface area contributed by atoms with Crippen molar-refractivity contribution < 1.29 is 33.2 Å². The number of ether oxygens (including phenoxy) is 6. The fraction of sp³-hybridized carbons (Fsp3) is 0.480. The molecular weight excluding hydrogens is 412 g/mol. The Morgan fingerprint density at radius 3 is 1.91 bits per heavy atom. The smallest absolute Gasteiger partial charge is 0.334 e. The van der Waals surface area contributed by atoms with E-state index in [0.717, 1.165) is 11.1 Å². The molecule has 174 valence electrons. The molecule has 0 amide bonds. The van der Waals surface area contributed by atoms with Crippen molar-refractivity contribution in [3.8, 4) is 0 Å². The third kappa shape index (κ3) is 6.37. The van der Waals surface area contributed by atoms with Crippen molar-refractivity contribution in [3.05, 3.63) is 71.8 Å². The second-order valence-corrected chi connectivity index (χ2v) is 7.73. The third-order valence-corrected chi connectivity index (χ3v) is 5.42. The normalized spacial score (nSPS) is 26.4. The minimum absolute atomic E-state index is 0.334. The molecule has 0 aliphatic carbocycles. The molecule has 0 spiro atoms. The highest BCUT2D eigenvalue weighted by atomic mass is 16.7. The van der Waals surface area contributed by atoms with Gasteiger partial charge >= 0.3 is 5.97 Å². The Labute approximate surface area is 189 Å². The quantitative estimate of drug-likeness (QED) is 0.520. The van der Waals surface area contributed by atoms with Crippen LogP contribution in [-0.4, -0.2) is 57.0 Å². The summed E-state index contributed by atoms with van der Waals surface area (Å²) in [4.78, 5) is 12.1.